The van der Waals surface area contributed by atoms with E-state index in [1.54, 1.807) is 19.9 Å². The SMILES string of the molecule is CCOC(=O)CCNC(=O)c1cc(C)nc(Cl)c1. The zero-order chi connectivity index (χ0) is 13.5. The van der Waals surface area contributed by atoms with Crippen LogP contribution in [0.2, 0.25) is 5.15 Å². The average molecular weight is 271 g/mol. The van der Waals surface area contributed by atoms with E-state index >= 15 is 0 Å². The third-order valence-electron chi connectivity index (χ3n) is 2.10. The second kappa shape index (κ2) is 6.96. The fourth-order valence-corrected chi connectivity index (χ4v) is 1.62. The highest BCUT2D eigenvalue weighted by atomic mass is 35.5. The molecule has 0 aliphatic carbocycles. The lowest BCUT2D eigenvalue weighted by molar-refractivity contribution is -0.142. The van der Waals surface area contributed by atoms with Gasteiger partial charge in [0.2, 0.25) is 0 Å². The van der Waals surface area contributed by atoms with Gasteiger partial charge in [0.05, 0.1) is 13.0 Å². The molecule has 0 bridgehead atoms. The van der Waals surface area contributed by atoms with Gasteiger partial charge in [-0.15, -0.1) is 0 Å². The molecule has 18 heavy (non-hydrogen) atoms. The Hall–Kier alpha value is -1.62. The molecule has 0 saturated heterocycles. The van der Waals surface area contributed by atoms with Gasteiger partial charge < -0.3 is 10.1 Å². The van der Waals surface area contributed by atoms with E-state index in [2.05, 4.69) is 10.3 Å². The number of carbonyl (C=O) groups is 2. The van der Waals surface area contributed by atoms with Crippen LogP contribution in [-0.4, -0.2) is 30.0 Å². The maximum Gasteiger partial charge on any atom is 0.307 e. The number of rotatable bonds is 5. The van der Waals surface area contributed by atoms with Crippen LogP contribution in [0.5, 0.6) is 0 Å². The normalized spacial score (nSPS) is 9.94. The first-order valence-electron chi connectivity index (χ1n) is 5.61. The highest BCUT2D eigenvalue weighted by molar-refractivity contribution is 6.29. The summed E-state index contributed by atoms with van der Waals surface area (Å²) in [5, 5.41) is 2.89. The van der Waals surface area contributed by atoms with E-state index < -0.39 is 0 Å². The molecular weight excluding hydrogens is 256 g/mol. The highest BCUT2D eigenvalue weighted by Gasteiger charge is 2.08. The van der Waals surface area contributed by atoms with E-state index in [4.69, 9.17) is 16.3 Å². The number of hydrogen-bond acceptors (Lipinski definition) is 4. The Morgan fingerprint density at radius 3 is 2.78 bits per heavy atom. The molecular formula is C12H15ClN2O3. The van der Waals surface area contributed by atoms with Gasteiger partial charge in [0.25, 0.3) is 5.91 Å². The van der Waals surface area contributed by atoms with Crippen LogP contribution in [0.3, 0.4) is 0 Å². The van der Waals surface area contributed by atoms with Crippen molar-refractivity contribution in [3.05, 3.63) is 28.5 Å². The summed E-state index contributed by atoms with van der Waals surface area (Å²) < 4.78 is 4.75. The summed E-state index contributed by atoms with van der Waals surface area (Å²) in [5.74, 6) is -0.617. The molecule has 0 aromatic carbocycles. The predicted octanol–water partition coefficient (Wildman–Crippen LogP) is 1.73. The van der Waals surface area contributed by atoms with Crippen LogP contribution < -0.4 is 5.32 Å². The van der Waals surface area contributed by atoms with Gasteiger partial charge in [0.15, 0.2) is 0 Å². The van der Waals surface area contributed by atoms with Crippen molar-refractivity contribution in [3.8, 4) is 0 Å². The van der Waals surface area contributed by atoms with Crippen molar-refractivity contribution < 1.29 is 14.3 Å². The number of aryl methyl sites for hydroxylation is 1. The number of amides is 1. The summed E-state index contributed by atoms with van der Waals surface area (Å²) in [6.45, 7) is 4.06. The summed E-state index contributed by atoms with van der Waals surface area (Å²) >= 11 is 5.75. The number of esters is 1. The number of pyridine rings is 1. The lowest BCUT2D eigenvalue weighted by Gasteiger charge is -2.06. The quantitative estimate of drug-likeness (QED) is 0.653. The molecule has 0 fully saturated rings. The van der Waals surface area contributed by atoms with Gasteiger partial charge in [0.1, 0.15) is 5.15 Å². The van der Waals surface area contributed by atoms with Gasteiger partial charge in [-0.25, -0.2) is 4.98 Å². The van der Waals surface area contributed by atoms with Crippen molar-refractivity contribution >= 4 is 23.5 Å². The van der Waals surface area contributed by atoms with E-state index in [0.29, 0.717) is 17.9 Å². The Morgan fingerprint density at radius 1 is 1.44 bits per heavy atom. The predicted molar refractivity (Wildman–Crippen MR) is 67.6 cm³/mol. The van der Waals surface area contributed by atoms with Crippen LogP contribution in [-0.2, 0) is 9.53 Å². The van der Waals surface area contributed by atoms with E-state index in [-0.39, 0.29) is 30.0 Å². The summed E-state index contributed by atoms with van der Waals surface area (Å²) in [6, 6.07) is 3.11. The standard InChI is InChI=1S/C12H15ClN2O3/c1-3-18-11(16)4-5-14-12(17)9-6-8(2)15-10(13)7-9/h6-7H,3-5H2,1-2H3,(H,14,17). The van der Waals surface area contributed by atoms with Crippen LogP contribution in [0.4, 0.5) is 0 Å². The fraction of sp³-hybridized carbons (Fsp3) is 0.417. The third kappa shape index (κ3) is 4.71. The molecule has 1 heterocycles. The van der Waals surface area contributed by atoms with Crippen molar-refractivity contribution in [2.45, 2.75) is 20.3 Å². The number of nitrogens with one attached hydrogen (secondary N) is 1. The Morgan fingerprint density at radius 2 is 2.17 bits per heavy atom. The molecule has 1 aromatic heterocycles. The number of nitrogens with zero attached hydrogens (tertiary/aromatic N) is 1. The van der Waals surface area contributed by atoms with Crippen LogP contribution in [0.1, 0.15) is 29.4 Å². The molecule has 0 saturated carbocycles. The van der Waals surface area contributed by atoms with Gasteiger partial charge in [-0.2, -0.15) is 0 Å². The van der Waals surface area contributed by atoms with Crippen molar-refractivity contribution in [1.82, 2.24) is 10.3 Å². The van der Waals surface area contributed by atoms with Gasteiger partial charge in [-0.1, -0.05) is 11.6 Å². The van der Waals surface area contributed by atoms with E-state index in [1.165, 1.54) is 6.07 Å². The Balaban J connectivity index is 2.48. The number of ether oxygens (including phenoxy) is 1. The van der Waals surface area contributed by atoms with Crippen LogP contribution in [0.25, 0.3) is 0 Å². The molecule has 1 rings (SSSR count). The second-order valence-electron chi connectivity index (χ2n) is 3.63. The minimum absolute atomic E-state index is 0.150. The molecule has 1 N–H and O–H groups in total. The molecule has 0 unspecified atom stereocenters. The van der Waals surface area contributed by atoms with Crippen LogP contribution in [0.15, 0.2) is 12.1 Å². The maximum atomic E-state index is 11.7. The molecule has 0 aliphatic rings. The Bertz CT molecular complexity index is 429. The van der Waals surface area contributed by atoms with Crippen molar-refractivity contribution in [2.24, 2.45) is 0 Å². The Kier molecular flexibility index (Phi) is 5.58. The van der Waals surface area contributed by atoms with Crippen molar-refractivity contribution in [2.75, 3.05) is 13.2 Å². The van der Waals surface area contributed by atoms with Gasteiger partial charge in [-0.05, 0) is 26.0 Å². The summed E-state index contributed by atoms with van der Waals surface area (Å²) in [4.78, 5) is 26.8. The molecule has 0 radical (unpaired) electrons. The lowest BCUT2D eigenvalue weighted by Crippen LogP contribution is -2.26. The molecule has 5 nitrogen and oxygen atoms in total. The smallest absolute Gasteiger partial charge is 0.307 e. The van der Waals surface area contributed by atoms with Gasteiger partial charge >= 0.3 is 5.97 Å². The van der Waals surface area contributed by atoms with E-state index in [9.17, 15) is 9.59 Å². The highest BCUT2D eigenvalue weighted by Crippen LogP contribution is 2.10. The monoisotopic (exact) mass is 270 g/mol. The maximum absolute atomic E-state index is 11.7. The first-order valence-corrected chi connectivity index (χ1v) is 5.98. The van der Waals surface area contributed by atoms with Crippen LogP contribution >= 0.6 is 11.6 Å². The first-order chi connectivity index (χ1) is 8.52. The molecule has 0 atom stereocenters. The average Bonchev–Trinajstić information content (AvgIpc) is 2.27. The first kappa shape index (κ1) is 14.4. The van der Waals surface area contributed by atoms with Crippen molar-refractivity contribution in [1.29, 1.82) is 0 Å². The van der Waals surface area contributed by atoms with Gasteiger partial charge in [0, 0.05) is 17.8 Å². The van der Waals surface area contributed by atoms with E-state index in [0.717, 1.165) is 0 Å². The minimum atomic E-state index is -0.332. The molecule has 0 spiro atoms. The number of hydrogen-bond donors (Lipinski definition) is 1. The number of carbonyl (C=O) groups excluding carboxylic acids is 2. The lowest BCUT2D eigenvalue weighted by atomic mass is 10.2. The summed E-state index contributed by atoms with van der Waals surface area (Å²) in [5.41, 5.74) is 1.09. The fourth-order valence-electron chi connectivity index (χ4n) is 1.37. The summed E-state index contributed by atoms with van der Waals surface area (Å²) in [7, 11) is 0. The zero-order valence-corrected chi connectivity index (χ0v) is 11.1. The van der Waals surface area contributed by atoms with E-state index in [1.807, 2.05) is 0 Å². The number of halogens is 1. The minimum Gasteiger partial charge on any atom is -0.466 e. The van der Waals surface area contributed by atoms with Crippen molar-refractivity contribution in [3.63, 3.8) is 0 Å². The molecule has 0 aliphatic heterocycles. The molecule has 1 amide bonds. The third-order valence-corrected chi connectivity index (χ3v) is 2.30. The topological polar surface area (TPSA) is 68.3 Å². The molecule has 1 aromatic rings. The summed E-state index contributed by atoms with van der Waals surface area (Å²) in [6.07, 6.45) is 0.150. The number of aromatic nitrogens is 1. The molecule has 98 valence electrons. The van der Waals surface area contributed by atoms with Crippen LogP contribution in [0, 0.1) is 6.92 Å². The second-order valence-corrected chi connectivity index (χ2v) is 4.02. The largest absolute Gasteiger partial charge is 0.466 e. The zero-order valence-electron chi connectivity index (χ0n) is 10.3. The Labute approximate surface area is 110 Å². The van der Waals surface area contributed by atoms with Gasteiger partial charge in [-0.3, -0.25) is 9.59 Å². The molecule has 6 heteroatoms.